The minimum atomic E-state index is 0.188. The monoisotopic (exact) mass is 234 g/mol. The fourth-order valence-corrected chi connectivity index (χ4v) is 1.96. The minimum absolute atomic E-state index is 0.188. The molecule has 0 heterocycles. The number of hydrogen-bond donors (Lipinski definition) is 0. The number of rotatable bonds is 1. The lowest BCUT2D eigenvalue weighted by Gasteiger charge is -2.21. The third kappa shape index (κ3) is 2.34. The van der Waals surface area contributed by atoms with E-state index in [0.29, 0.717) is 22.1 Å². The van der Waals surface area contributed by atoms with E-state index in [2.05, 4.69) is 0 Å². The topological polar surface area (TPSA) is 0 Å². The van der Waals surface area contributed by atoms with Crippen molar-refractivity contribution in [3.63, 3.8) is 0 Å². The van der Waals surface area contributed by atoms with Gasteiger partial charge in [-0.05, 0) is 11.1 Å². The molecule has 0 aliphatic heterocycles. The lowest BCUT2D eigenvalue weighted by molar-refractivity contribution is 1.81. The van der Waals surface area contributed by atoms with Crippen LogP contribution in [0.2, 0.25) is 0 Å². The molecular weight excluding hydrogens is 231 g/mol. The van der Waals surface area contributed by atoms with Crippen molar-refractivity contribution in [3.05, 3.63) is 12.1 Å². The van der Waals surface area contributed by atoms with Gasteiger partial charge in [0, 0.05) is 0 Å². The zero-order valence-electron chi connectivity index (χ0n) is 10.8. The second kappa shape index (κ2) is 5.39. The Labute approximate surface area is 130 Å². The molecule has 2 aromatic carbocycles. The normalized spacial score (nSPS) is 10.6. The Hall–Kier alpha value is -1.04. The van der Waals surface area contributed by atoms with Gasteiger partial charge in [-0.25, -0.2) is 0 Å². The zero-order valence-corrected chi connectivity index (χ0v) is 10.8. The van der Waals surface area contributed by atoms with E-state index in [0.717, 1.165) is 0 Å². The van der Waals surface area contributed by atoms with Crippen molar-refractivity contribution in [2.45, 2.75) is 0 Å². The molecule has 20 heavy (non-hydrogen) atoms. The van der Waals surface area contributed by atoms with Gasteiger partial charge < -0.3 is 0 Å². The summed E-state index contributed by atoms with van der Waals surface area (Å²) in [6.45, 7) is 0. The number of hydrogen-bond acceptors (Lipinski definition) is 0. The van der Waals surface area contributed by atoms with Crippen molar-refractivity contribution in [3.8, 4) is 11.1 Å². The summed E-state index contributed by atoms with van der Waals surface area (Å²) >= 11 is 0. The molecule has 16 radical (unpaired) electrons. The average Bonchev–Trinajstić information content (AvgIpc) is 2.42. The van der Waals surface area contributed by atoms with Crippen LogP contribution in [-0.4, -0.2) is 62.8 Å². The molecule has 0 atom stereocenters. The Kier molecular flexibility index (Phi) is 4.14. The van der Waals surface area contributed by atoms with Crippen molar-refractivity contribution >= 4 is 106 Å². The quantitative estimate of drug-likeness (QED) is 0.429. The first kappa shape index (κ1) is 15.4. The van der Waals surface area contributed by atoms with E-state index in [4.69, 9.17) is 62.8 Å². The lowest BCUT2D eigenvalue weighted by Crippen LogP contribution is -2.50. The predicted octanol–water partition coefficient (Wildman–Crippen LogP) is -6.30. The third-order valence-corrected chi connectivity index (χ3v) is 3.25. The maximum absolute atomic E-state index is 5.96. The molecule has 74 valence electrons. The molecule has 0 aliphatic carbocycles. The fraction of sp³-hybridized carbons (Fsp3) is 0. The van der Waals surface area contributed by atoms with Gasteiger partial charge in [0.2, 0.25) is 0 Å². The van der Waals surface area contributed by atoms with E-state index in [1.807, 2.05) is 0 Å². The molecule has 0 N–H and O–H groups in total. The Balaban J connectivity index is 2.83. The maximum atomic E-state index is 5.96. The van der Waals surface area contributed by atoms with Crippen LogP contribution in [0.25, 0.3) is 11.1 Å². The van der Waals surface area contributed by atoms with Crippen LogP contribution in [-0.2, 0) is 0 Å². The van der Waals surface area contributed by atoms with Gasteiger partial charge in [-0.2, -0.15) is 0 Å². The summed E-state index contributed by atoms with van der Waals surface area (Å²) in [7, 11) is 46.6. The summed E-state index contributed by atoms with van der Waals surface area (Å²) in [5.74, 6) is 0. The van der Waals surface area contributed by atoms with Gasteiger partial charge >= 0.3 is 0 Å². The van der Waals surface area contributed by atoms with Gasteiger partial charge in [0.15, 0.2) is 0 Å². The molecule has 0 nitrogen and oxygen atoms in total. The van der Waals surface area contributed by atoms with Crippen LogP contribution >= 0.6 is 0 Å². The van der Waals surface area contributed by atoms with E-state index in [-0.39, 0.29) is 32.8 Å². The van der Waals surface area contributed by atoms with Gasteiger partial charge in [-0.1, -0.05) is 23.1 Å². The van der Waals surface area contributed by atoms with Crippen molar-refractivity contribution < 1.29 is 0 Å². The summed E-state index contributed by atoms with van der Waals surface area (Å²) < 4.78 is 0. The highest BCUT2D eigenvalue weighted by Crippen LogP contribution is 2.09. The smallest absolute Gasteiger partial charge is 0.111 e. The van der Waals surface area contributed by atoms with Gasteiger partial charge in [-0.3, -0.25) is 0 Å². The average molecular weight is 233 g/mol. The summed E-state index contributed by atoms with van der Waals surface area (Å²) in [5, 5.41) is 0. The minimum Gasteiger partial charge on any atom is -0.111 e. The Bertz CT molecular complexity index is 646. The van der Waals surface area contributed by atoms with E-state index in [1.165, 1.54) is 0 Å². The first-order chi connectivity index (χ1) is 9.25. The molecule has 8 heteroatoms. The van der Waals surface area contributed by atoms with Crippen LogP contribution in [0, 0.1) is 0 Å². The highest BCUT2D eigenvalue weighted by Gasteiger charge is 2.12. The van der Waals surface area contributed by atoms with Crippen LogP contribution in [0.4, 0.5) is 0 Å². The van der Waals surface area contributed by atoms with Crippen molar-refractivity contribution in [1.82, 2.24) is 0 Å². The van der Waals surface area contributed by atoms with Gasteiger partial charge in [0.25, 0.3) is 0 Å². The first-order valence-corrected chi connectivity index (χ1v) is 5.71. The molecular formula is C12H2B8. The van der Waals surface area contributed by atoms with Crippen molar-refractivity contribution in [2.75, 3.05) is 0 Å². The van der Waals surface area contributed by atoms with Crippen LogP contribution in [0.1, 0.15) is 0 Å². The Morgan fingerprint density at radius 3 is 1.00 bits per heavy atom. The van der Waals surface area contributed by atoms with Crippen LogP contribution < -0.4 is 43.7 Å². The molecule has 0 saturated heterocycles. The summed E-state index contributed by atoms with van der Waals surface area (Å²) in [6.07, 6.45) is 0. The predicted molar refractivity (Wildman–Crippen MR) is 95.0 cm³/mol. The molecule has 0 spiro atoms. The summed E-state index contributed by atoms with van der Waals surface area (Å²) in [5.41, 5.74) is 2.93. The first-order valence-electron chi connectivity index (χ1n) is 5.71. The van der Waals surface area contributed by atoms with Crippen LogP contribution in [0.5, 0.6) is 0 Å². The summed E-state index contributed by atoms with van der Waals surface area (Å²) in [4.78, 5) is 0. The molecule has 0 unspecified atom stereocenters. The lowest BCUT2D eigenvalue weighted by atomic mass is 9.61. The van der Waals surface area contributed by atoms with E-state index >= 15 is 0 Å². The molecule has 0 bridgehead atoms. The second-order valence-corrected chi connectivity index (χ2v) is 4.51. The molecule has 0 fully saturated rings. The van der Waals surface area contributed by atoms with Crippen LogP contribution in [0.3, 0.4) is 0 Å². The molecule has 0 amide bonds. The molecule has 0 saturated carbocycles. The third-order valence-electron chi connectivity index (χ3n) is 3.25. The Morgan fingerprint density at radius 1 is 0.400 bits per heavy atom. The van der Waals surface area contributed by atoms with Crippen molar-refractivity contribution in [1.29, 1.82) is 0 Å². The largest absolute Gasteiger partial charge is 0.113 e. The second-order valence-electron chi connectivity index (χ2n) is 4.51. The highest BCUT2D eigenvalue weighted by atomic mass is 14.1. The zero-order chi connectivity index (χ0) is 15.2. The molecule has 0 aliphatic rings. The van der Waals surface area contributed by atoms with Gasteiger partial charge in [-0.15, -0.1) is 32.8 Å². The van der Waals surface area contributed by atoms with E-state index in [9.17, 15) is 0 Å². The maximum Gasteiger partial charge on any atom is 0.113 e. The van der Waals surface area contributed by atoms with Gasteiger partial charge in [0.05, 0.1) is 0 Å². The van der Waals surface area contributed by atoms with E-state index < -0.39 is 0 Å². The SMILES string of the molecule is [B]c1cc(-c2cc([B])c([B])c([B])c2[B])c([B])c([B])c1[B]. The number of benzene rings is 2. The molecule has 0 aromatic heterocycles. The molecule has 2 rings (SSSR count). The van der Waals surface area contributed by atoms with Crippen molar-refractivity contribution in [2.24, 2.45) is 0 Å². The highest BCUT2D eigenvalue weighted by molar-refractivity contribution is 6.66. The molecule has 2 aromatic rings. The Morgan fingerprint density at radius 2 is 0.700 bits per heavy atom. The fourth-order valence-electron chi connectivity index (χ4n) is 1.96. The van der Waals surface area contributed by atoms with Gasteiger partial charge in [0.1, 0.15) is 62.8 Å². The van der Waals surface area contributed by atoms with E-state index in [1.54, 1.807) is 12.1 Å². The summed E-state index contributed by atoms with van der Waals surface area (Å²) in [6, 6.07) is 3.14. The van der Waals surface area contributed by atoms with Crippen LogP contribution in [0.15, 0.2) is 12.1 Å². The standard InChI is InChI=1S/C12H2B8/c13-5-1-3(7(15)11(19)9(5)17)4-2-6(14)10(18)12(20)8(4)16/h1-2H.